The molecular weight excluding hydrogens is 438 g/mol. The summed E-state index contributed by atoms with van der Waals surface area (Å²) >= 11 is 0. The first-order valence-corrected chi connectivity index (χ1v) is 11.6. The molecule has 1 fully saturated rings. The van der Waals surface area contributed by atoms with E-state index in [1.807, 2.05) is 0 Å². The fourth-order valence-corrected chi connectivity index (χ4v) is 4.88. The van der Waals surface area contributed by atoms with Crippen molar-refractivity contribution < 1.29 is 27.5 Å². The number of carbonyl (C=O) groups is 2. The van der Waals surface area contributed by atoms with Gasteiger partial charge in [0.05, 0.1) is 18.0 Å². The Morgan fingerprint density at radius 1 is 1.16 bits per heavy atom. The predicted molar refractivity (Wildman–Crippen MR) is 118 cm³/mol. The molecule has 1 aliphatic heterocycles. The number of piperazine rings is 1. The second-order valence-electron chi connectivity index (χ2n) is 8.49. The van der Waals surface area contributed by atoms with Gasteiger partial charge in [0.1, 0.15) is 12.1 Å². The normalized spacial score (nSPS) is 15.6. The third-order valence-corrected chi connectivity index (χ3v) is 6.82. The first-order chi connectivity index (χ1) is 14.9. The monoisotopic (exact) mass is 467 g/mol. The predicted octanol–water partition coefficient (Wildman–Crippen LogP) is 1.15. The summed E-state index contributed by atoms with van der Waals surface area (Å²) in [5.74, 6) is 0.0820. The summed E-state index contributed by atoms with van der Waals surface area (Å²) in [6, 6.07) is 3.26. The molecule has 0 N–H and O–H groups in total. The lowest BCUT2D eigenvalue weighted by atomic mass is 10.2. The van der Waals surface area contributed by atoms with Crippen LogP contribution in [0.3, 0.4) is 0 Å². The number of hydrogen-bond acceptors (Lipinski definition) is 7. The van der Waals surface area contributed by atoms with Gasteiger partial charge in [-0.1, -0.05) is 0 Å². The number of likely N-dealkylation sites (N-methyl/N-ethyl adjacent to an activating group) is 1. The van der Waals surface area contributed by atoms with Gasteiger partial charge >= 0.3 is 16.3 Å². The summed E-state index contributed by atoms with van der Waals surface area (Å²) in [7, 11) is -0.863. The Morgan fingerprint density at radius 3 is 2.41 bits per heavy atom. The molecule has 0 aromatic carbocycles. The molecule has 11 nitrogen and oxygen atoms in total. The largest absolute Gasteiger partial charge is 0.481 e. The SMILES string of the molecule is COc1nccc2c1ccn2S(=O)(=O)N1CCN(C(=O)CN(C)C(=O)OC(C)(C)C)CC1. The molecule has 1 saturated heterocycles. The van der Waals surface area contributed by atoms with Crippen LogP contribution < -0.4 is 4.74 Å². The highest BCUT2D eigenvalue weighted by molar-refractivity contribution is 7.87. The van der Waals surface area contributed by atoms with Gasteiger partial charge in [-0.3, -0.25) is 4.79 Å². The first kappa shape index (κ1) is 23.8. The van der Waals surface area contributed by atoms with Gasteiger partial charge in [-0.25, -0.2) is 13.8 Å². The summed E-state index contributed by atoms with van der Waals surface area (Å²) in [6.07, 6.45) is 2.37. The molecular formula is C20H29N5O6S. The van der Waals surface area contributed by atoms with Crippen molar-refractivity contribution in [3.63, 3.8) is 0 Å². The van der Waals surface area contributed by atoms with Gasteiger partial charge in [-0.2, -0.15) is 12.7 Å². The fraction of sp³-hybridized carbons (Fsp3) is 0.550. The number of rotatable bonds is 5. The van der Waals surface area contributed by atoms with Crippen LogP contribution in [0.4, 0.5) is 4.79 Å². The van der Waals surface area contributed by atoms with Gasteiger partial charge in [0, 0.05) is 45.6 Å². The number of fused-ring (bicyclic) bond motifs is 1. The molecule has 1 aliphatic rings. The van der Waals surface area contributed by atoms with E-state index < -0.39 is 21.9 Å². The Balaban J connectivity index is 1.64. The lowest BCUT2D eigenvalue weighted by molar-refractivity contribution is -0.133. The van der Waals surface area contributed by atoms with Gasteiger partial charge < -0.3 is 19.3 Å². The lowest BCUT2D eigenvalue weighted by Gasteiger charge is -2.35. The molecule has 0 bridgehead atoms. The van der Waals surface area contributed by atoms with Crippen molar-refractivity contribution in [1.29, 1.82) is 0 Å². The van der Waals surface area contributed by atoms with Crippen LogP contribution in [-0.4, -0.2) is 96.0 Å². The van der Waals surface area contributed by atoms with E-state index in [2.05, 4.69) is 4.98 Å². The molecule has 2 aromatic rings. The molecule has 12 heteroatoms. The molecule has 2 aromatic heterocycles. The Hall–Kier alpha value is -2.86. The number of pyridine rings is 1. The molecule has 3 heterocycles. The minimum atomic E-state index is -3.83. The van der Waals surface area contributed by atoms with Crippen LogP contribution >= 0.6 is 0 Å². The molecule has 3 rings (SSSR count). The summed E-state index contributed by atoms with van der Waals surface area (Å²) in [4.78, 5) is 31.5. The molecule has 0 saturated carbocycles. The highest BCUT2D eigenvalue weighted by Crippen LogP contribution is 2.26. The maximum atomic E-state index is 13.2. The average Bonchev–Trinajstić information content (AvgIpc) is 3.17. The van der Waals surface area contributed by atoms with E-state index in [0.29, 0.717) is 16.8 Å². The zero-order chi connectivity index (χ0) is 23.7. The summed E-state index contributed by atoms with van der Waals surface area (Å²) < 4.78 is 39.4. The molecule has 0 aliphatic carbocycles. The molecule has 0 atom stereocenters. The van der Waals surface area contributed by atoms with Crippen molar-refractivity contribution in [1.82, 2.24) is 23.1 Å². The maximum Gasteiger partial charge on any atom is 0.410 e. The minimum absolute atomic E-state index is 0.142. The van der Waals surface area contributed by atoms with Crippen molar-refractivity contribution in [3.8, 4) is 5.88 Å². The molecule has 176 valence electrons. The fourth-order valence-electron chi connectivity index (χ4n) is 3.38. The number of methoxy groups -OCH3 is 1. The van der Waals surface area contributed by atoms with E-state index in [9.17, 15) is 18.0 Å². The Morgan fingerprint density at radius 2 is 1.81 bits per heavy atom. The van der Waals surface area contributed by atoms with Crippen molar-refractivity contribution in [2.45, 2.75) is 26.4 Å². The van der Waals surface area contributed by atoms with E-state index >= 15 is 0 Å². The van der Waals surface area contributed by atoms with Crippen LogP contribution in [0.5, 0.6) is 5.88 Å². The third-order valence-electron chi connectivity index (χ3n) is 4.98. The van der Waals surface area contributed by atoms with Crippen LogP contribution in [0.2, 0.25) is 0 Å². The van der Waals surface area contributed by atoms with Gasteiger partial charge in [0.25, 0.3) is 0 Å². The zero-order valence-corrected chi connectivity index (χ0v) is 19.8. The number of ether oxygens (including phenoxy) is 2. The van der Waals surface area contributed by atoms with E-state index in [4.69, 9.17) is 9.47 Å². The summed E-state index contributed by atoms with van der Waals surface area (Å²) in [5, 5.41) is 0.595. The Bertz CT molecular complexity index is 1100. The van der Waals surface area contributed by atoms with Crippen LogP contribution in [0.1, 0.15) is 20.8 Å². The lowest BCUT2D eigenvalue weighted by Crippen LogP contribution is -2.53. The number of carbonyl (C=O) groups excluding carboxylic acids is 2. The van der Waals surface area contributed by atoms with Crippen molar-refractivity contribution in [3.05, 3.63) is 24.5 Å². The van der Waals surface area contributed by atoms with E-state index in [0.717, 1.165) is 0 Å². The van der Waals surface area contributed by atoms with Gasteiger partial charge in [-0.05, 0) is 32.9 Å². The van der Waals surface area contributed by atoms with Crippen molar-refractivity contribution >= 4 is 33.1 Å². The van der Waals surface area contributed by atoms with Crippen molar-refractivity contribution in [2.24, 2.45) is 0 Å². The quantitative estimate of drug-likeness (QED) is 0.648. The second-order valence-corrected chi connectivity index (χ2v) is 10.3. The summed E-state index contributed by atoms with van der Waals surface area (Å²) in [5.41, 5.74) is -0.189. The van der Waals surface area contributed by atoms with Gasteiger partial charge in [0.15, 0.2) is 0 Å². The molecule has 0 unspecified atom stereocenters. The van der Waals surface area contributed by atoms with Crippen LogP contribution in [-0.2, 0) is 19.7 Å². The highest BCUT2D eigenvalue weighted by atomic mass is 32.2. The van der Waals surface area contributed by atoms with E-state index in [1.165, 1.54) is 39.7 Å². The molecule has 0 spiro atoms. The average molecular weight is 468 g/mol. The van der Waals surface area contributed by atoms with Gasteiger partial charge in [0.2, 0.25) is 11.8 Å². The van der Waals surface area contributed by atoms with Crippen LogP contribution in [0, 0.1) is 0 Å². The smallest absolute Gasteiger partial charge is 0.410 e. The standard InChI is InChI=1S/C20H29N5O6S/c1-20(2,3)31-19(27)22(4)14-17(26)23-10-12-24(13-11-23)32(28,29)25-9-7-15-16(25)6-8-21-18(15)30-5/h6-9H,10-14H2,1-5H3. The molecule has 32 heavy (non-hydrogen) atoms. The molecule has 2 amide bonds. The van der Waals surface area contributed by atoms with Gasteiger partial charge in [-0.15, -0.1) is 0 Å². The Labute approximate surface area is 187 Å². The second kappa shape index (κ2) is 8.94. The topological polar surface area (TPSA) is 114 Å². The number of aromatic nitrogens is 2. The van der Waals surface area contributed by atoms with Crippen molar-refractivity contribution in [2.75, 3.05) is 46.9 Å². The van der Waals surface area contributed by atoms with Crippen LogP contribution in [0.15, 0.2) is 24.5 Å². The zero-order valence-electron chi connectivity index (χ0n) is 18.9. The highest BCUT2D eigenvalue weighted by Gasteiger charge is 2.32. The maximum absolute atomic E-state index is 13.2. The van der Waals surface area contributed by atoms with E-state index in [-0.39, 0.29) is 38.6 Å². The van der Waals surface area contributed by atoms with Crippen LogP contribution in [0.25, 0.3) is 10.9 Å². The molecule has 0 radical (unpaired) electrons. The minimum Gasteiger partial charge on any atom is -0.481 e. The number of nitrogens with zero attached hydrogens (tertiary/aromatic N) is 5. The summed E-state index contributed by atoms with van der Waals surface area (Å²) in [6.45, 7) is 5.85. The first-order valence-electron chi connectivity index (χ1n) is 10.2. The Kier molecular flexibility index (Phi) is 6.65. The number of hydrogen-bond donors (Lipinski definition) is 0. The number of amides is 2. The van der Waals surface area contributed by atoms with E-state index in [1.54, 1.807) is 37.8 Å². The third kappa shape index (κ3) is 4.96.